The number of hydrogen-bond acceptors (Lipinski definition) is 6. The van der Waals surface area contributed by atoms with Crippen LogP contribution in [0.4, 0.5) is 8.78 Å². The zero-order valence-electron chi connectivity index (χ0n) is 21.1. The largest absolute Gasteiger partial charge is 0.396 e. The molecule has 2 aromatic rings. The van der Waals surface area contributed by atoms with Crippen molar-refractivity contribution >= 4 is 29.1 Å². The molecule has 39 heavy (non-hydrogen) atoms. The van der Waals surface area contributed by atoms with E-state index in [1.165, 1.54) is 30.3 Å². The molecule has 0 aromatic heterocycles. The summed E-state index contributed by atoms with van der Waals surface area (Å²) in [5.74, 6) is -4.00. The average Bonchev–Trinajstić information content (AvgIpc) is 3.22. The van der Waals surface area contributed by atoms with E-state index < -0.39 is 59.6 Å². The van der Waals surface area contributed by atoms with Crippen molar-refractivity contribution in [1.82, 2.24) is 10.6 Å². The van der Waals surface area contributed by atoms with E-state index in [-0.39, 0.29) is 46.7 Å². The van der Waals surface area contributed by atoms with Crippen LogP contribution in [-0.2, 0) is 10.2 Å². The van der Waals surface area contributed by atoms with Gasteiger partial charge in [-0.1, -0.05) is 60.7 Å². The van der Waals surface area contributed by atoms with Gasteiger partial charge in [0.2, 0.25) is 5.91 Å². The molecule has 2 fully saturated rings. The summed E-state index contributed by atoms with van der Waals surface area (Å²) in [6.45, 7) is -0.819. The molecule has 0 radical (unpaired) electrons. The number of halogens is 4. The predicted octanol–water partition coefficient (Wildman–Crippen LogP) is 3.43. The third-order valence-electron chi connectivity index (χ3n) is 8.22. The van der Waals surface area contributed by atoms with E-state index in [0.717, 1.165) is 25.3 Å². The summed E-state index contributed by atoms with van der Waals surface area (Å²) in [5, 5.41) is 46.0. The molecule has 210 valence electrons. The number of carbonyl (C=O) groups is 1. The fourth-order valence-electron chi connectivity index (χ4n) is 6.07. The molecule has 0 spiro atoms. The number of aliphatic hydroxyl groups is 3. The van der Waals surface area contributed by atoms with Gasteiger partial charge in [0.25, 0.3) is 0 Å². The number of nitrogens with one attached hydrogen (secondary N) is 2. The van der Waals surface area contributed by atoms with Crippen molar-refractivity contribution in [2.75, 3.05) is 19.8 Å². The topological polar surface area (TPSA) is 126 Å². The third-order valence-corrected chi connectivity index (χ3v) is 8.74. The van der Waals surface area contributed by atoms with Crippen LogP contribution in [0, 0.1) is 34.8 Å². The first-order valence-electron chi connectivity index (χ1n) is 12.9. The van der Waals surface area contributed by atoms with Gasteiger partial charge in [-0.25, -0.2) is 8.78 Å². The average molecular weight is 582 g/mol. The van der Waals surface area contributed by atoms with Gasteiger partial charge in [0.05, 0.1) is 29.8 Å². The van der Waals surface area contributed by atoms with Crippen LogP contribution in [0.25, 0.3) is 0 Å². The van der Waals surface area contributed by atoms with Gasteiger partial charge in [-0.3, -0.25) is 4.79 Å². The fraction of sp³-hybridized carbons (Fsp3) is 0.500. The number of carbonyl (C=O) groups excluding carboxylic acids is 1. The standard InChI is InChI=1S/C28H31Cl2F2N3O4/c29-16-7-8-20(22(31)11-16)28(14-33)23(18-5-2-6-21(30)24(18)32)25(27(39)34-10-9-17(38)12-36)35-26(28)19(13-37)15-3-1-4-15/h2,5-8,11,15,17,19,23,25-26,35-38H,1,3-4,9-10,12-13H2,(H,34,39)/t17-,19?,23-,25+,26-,28+/m0/s1. The molecular formula is C28H31Cl2F2N3O4. The molecule has 11 heteroatoms. The van der Waals surface area contributed by atoms with Gasteiger partial charge in [0.1, 0.15) is 17.0 Å². The van der Waals surface area contributed by atoms with Gasteiger partial charge >= 0.3 is 0 Å². The second kappa shape index (κ2) is 12.5. The van der Waals surface area contributed by atoms with Crippen LogP contribution in [-0.4, -0.2) is 59.2 Å². The fourth-order valence-corrected chi connectivity index (χ4v) is 6.41. The Labute approximate surface area is 235 Å². The van der Waals surface area contributed by atoms with Gasteiger partial charge in [-0.05, 0) is 36.1 Å². The molecule has 1 unspecified atom stereocenters. The number of hydrogen-bond donors (Lipinski definition) is 5. The number of aliphatic hydroxyl groups excluding tert-OH is 3. The van der Waals surface area contributed by atoms with Crippen molar-refractivity contribution in [3.8, 4) is 6.07 Å². The van der Waals surface area contributed by atoms with Gasteiger partial charge in [0.15, 0.2) is 0 Å². The summed E-state index contributed by atoms with van der Waals surface area (Å²) < 4.78 is 31.4. The number of rotatable bonds is 10. The normalized spacial score (nSPS) is 26.5. The maximum absolute atomic E-state index is 15.7. The number of nitriles is 1. The number of benzene rings is 2. The maximum Gasteiger partial charge on any atom is 0.237 e. The van der Waals surface area contributed by atoms with Crippen molar-refractivity contribution in [1.29, 1.82) is 5.26 Å². The predicted molar refractivity (Wildman–Crippen MR) is 142 cm³/mol. The highest BCUT2D eigenvalue weighted by molar-refractivity contribution is 6.31. The second-order valence-corrected chi connectivity index (χ2v) is 11.1. The summed E-state index contributed by atoms with van der Waals surface area (Å²) in [5.41, 5.74) is -1.95. The Morgan fingerprint density at radius 3 is 2.54 bits per heavy atom. The van der Waals surface area contributed by atoms with E-state index in [1.54, 1.807) is 0 Å². The van der Waals surface area contributed by atoms with E-state index >= 15 is 8.78 Å². The minimum atomic E-state index is -1.84. The molecule has 1 aliphatic carbocycles. The molecule has 0 bridgehead atoms. The molecule has 1 amide bonds. The number of amides is 1. The van der Waals surface area contributed by atoms with E-state index in [4.69, 9.17) is 28.3 Å². The van der Waals surface area contributed by atoms with E-state index in [1.807, 2.05) is 0 Å². The molecule has 1 saturated heterocycles. The highest BCUT2D eigenvalue weighted by atomic mass is 35.5. The van der Waals surface area contributed by atoms with Crippen molar-refractivity contribution in [2.24, 2.45) is 11.8 Å². The molecule has 1 saturated carbocycles. The molecule has 2 aliphatic rings. The van der Waals surface area contributed by atoms with Crippen molar-refractivity contribution in [3.05, 3.63) is 69.2 Å². The summed E-state index contributed by atoms with van der Waals surface area (Å²) in [6.07, 6.45) is 1.53. The van der Waals surface area contributed by atoms with Crippen molar-refractivity contribution in [3.63, 3.8) is 0 Å². The van der Waals surface area contributed by atoms with Gasteiger partial charge in [0, 0.05) is 41.6 Å². The molecule has 2 aromatic carbocycles. The van der Waals surface area contributed by atoms with Gasteiger partial charge in [-0.2, -0.15) is 5.26 Å². The Kier molecular flexibility index (Phi) is 9.48. The van der Waals surface area contributed by atoms with Crippen LogP contribution in [0.15, 0.2) is 36.4 Å². The van der Waals surface area contributed by atoms with Crippen LogP contribution < -0.4 is 10.6 Å². The second-order valence-electron chi connectivity index (χ2n) is 10.3. The lowest BCUT2D eigenvalue weighted by molar-refractivity contribution is -0.123. The molecule has 5 N–H and O–H groups in total. The minimum Gasteiger partial charge on any atom is -0.396 e. The van der Waals surface area contributed by atoms with Crippen LogP contribution in [0.2, 0.25) is 10.0 Å². The zero-order chi connectivity index (χ0) is 28.3. The van der Waals surface area contributed by atoms with Crippen molar-refractivity contribution in [2.45, 2.75) is 55.2 Å². The highest BCUT2D eigenvalue weighted by Gasteiger charge is 2.63. The molecule has 6 atom stereocenters. The first kappa shape index (κ1) is 29.7. The quantitative estimate of drug-likeness (QED) is 0.293. The Morgan fingerprint density at radius 2 is 1.95 bits per heavy atom. The molecule has 4 rings (SSSR count). The lowest BCUT2D eigenvalue weighted by Gasteiger charge is -2.43. The summed E-state index contributed by atoms with van der Waals surface area (Å²) in [6, 6.07) is 8.24. The maximum atomic E-state index is 15.7. The number of nitrogens with zero attached hydrogens (tertiary/aromatic N) is 1. The van der Waals surface area contributed by atoms with Crippen molar-refractivity contribution < 1.29 is 28.9 Å². The Balaban J connectivity index is 1.92. The first-order chi connectivity index (χ1) is 18.7. The smallest absolute Gasteiger partial charge is 0.237 e. The monoisotopic (exact) mass is 581 g/mol. The Bertz CT molecular complexity index is 1240. The van der Waals surface area contributed by atoms with Gasteiger partial charge in [-0.15, -0.1) is 0 Å². The zero-order valence-corrected chi connectivity index (χ0v) is 22.6. The lowest BCUT2D eigenvalue weighted by Crippen LogP contribution is -2.52. The van der Waals surface area contributed by atoms with E-state index in [2.05, 4.69) is 16.7 Å². The van der Waals surface area contributed by atoms with Crippen LogP contribution in [0.3, 0.4) is 0 Å². The third kappa shape index (κ3) is 5.51. The molecule has 1 heterocycles. The molecule has 7 nitrogen and oxygen atoms in total. The van der Waals surface area contributed by atoms with Crippen LogP contribution >= 0.6 is 23.2 Å². The van der Waals surface area contributed by atoms with E-state index in [9.17, 15) is 20.3 Å². The Morgan fingerprint density at radius 1 is 1.21 bits per heavy atom. The molecule has 1 aliphatic heterocycles. The highest BCUT2D eigenvalue weighted by Crippen LogP contribution is 2.54. The minimum absolute atomic E-state index is 0.00489. The Hall–Kier alpha value is -2.32. The van der Waals surface area contributed by atoms with Crippen LogP contribution in [0.5, 0.6) is 0 Å². The van der Waals surface area contributed by atoms with Gasteiger partial charge < -0.3 is 26.0 Å². The van der Waals surface area contributed by atoms with E-state index in [0.29, 0.717) is 0 Å². The summed E-state index contributed by atoms with van der Waals surface area (Å²) in [4.78, 5) is 13.6. The SMILES string of the molecule is N#C[C@]1(c2ccc(Cl)cc2F)[C@H](C(CO)C2CCC2)N[C@@H](C(=O)NCC[C@H](O)CO)[C@@H]1c1cccc(Cl)c1F. The van der Waals surface area contributed by atoms with Crippen LogP contribution in [0.1, 0.15) is 42.7 Å². The molecular weight excluding hydrogens is 551 g/mol. The summed E-state index contributed by atoms with van der Waals surface area (Å²) in [7, 11) is 0. The first-order valence-corrected chi connectivity index (χ1v) is 13.7. The lowest BCUT2D eigenvalue weighted by atomic mass is 9.59. The summed E-state index contributed by atoms with van der Waals surface area (Å²) >= 11 is 12.2.